The first kappa shape index (κ1) is 11.5. The molecular weight excluding hydrogens is 194 g/mol. The molecule has 16 heavy (non-hydrogen) atoms. The molecule has 0 amide bonds. The van der Waals surface area contributed by atoms with Crippen molar-refractivity contribution in [2.75, 3.05) is 11.9 Å². The summed E-state index contributed by atoms with van der Waals surface area (Å²) >= 11 is 0. The summed E-state index contributed by atoms with van der Waals surface area (Å²) in [5, 5.41) is 3.58. The minimum atomic E-state index is 0.898. The largest absolute Gasteiger partial charge is 0.385 e. The average Bonchev–Trinajstić information content (AvgIpc) is 2.32. The van der Waals surface area contributed by atoms with Crippen LogP contribution in [0.2, 0.25) is 0 Å². The van der Waals surface area contributed by atoms with Gasteiger partial charge < -0.3 is 5.32 Å². The molecule has 1 aromatic rings. The number of hydrogen-bond donors (Lipinski definition) is 1. The Morgan fingerprint density at radius 1 is 1.06 bits per heavy atom. The van der Waals surface area contributed by atoms with Crippen molar-refractivity contribution in [3.63, 3.8) is 0 Å². The highest BCUT2D eigenvalue weighted by Crippen LogP contribution is 2.24. The third kappa shape index (κ3) is 3.01. The third-order valence-electron chi connectivity index (χ3n) is 3.83. The molecule has 1 N–H and O–H groups in total. The van der Waals surface area contributed by atoms with Crippen LogP contribution in [0, 0.1) is 19.8 Å². The molecule has 0 atom stereocenters. The molecule has 1 heteroatoms. The molecule has 0 unspecified atom stereocenters. The third-order valence-corrected chi connectivity index (χ3v) is 3.83. The van der Waals surface area contributed by atoms with Gasteiger partial charge in [0.05, 0.1) is 0 Å². The van der Waals surface area contributed by atoms with Gasteiger partial charge in [-0.25, -0.2) is 0 Å². The van der Waals surface area contributed by atoms with Gasteiger partial charge in [0.15, 0.2) is 0 Å². The quantitative estimate of drug-likeness (QED) is 0.796. The number of aryl methyl sites for hydroxylation is 2. The summed E-state index contributed by atoms with van der Waals surface area (Å²) in [6.45, 7) is 5.50. The molecule has 1 nitrogen and oxygen atoms in total. The molecule has 0 aromatic heterocycles. The van der Waals surface area contributed by atoms with Crippen molar-refractivity contribution in [1.82, 2.24) is 0 Å². The van der Waals surface area contributed by atoms with Crippen molar-refractivity contribution >= 4 is 5.69 Å². The molecular formula is C15H23N. The number of nitrogens with one attached hydrogen (secondary N) is 1. The van der Waals surface area contributed by atoms with Gasteiger partial charge >= 0.3 is 0 Å². The second kappa shape index (κ2) is 5.38. The highest BCUT2D eigenvalue weighted by atomic mass is 14.9. The fraction of sp³-hybridized carbons (Fsp3) is 0.600. The van der Waals surface area contributed by atoms with E-state index in [2.05, 4.69) is 37.4 Å². The van der Waals surface area contributed by atoms with Crippen LogP contribution in [0.4, 0.5) is 5.69 Å². The lowest BCUT2D eigenvalue weighted by molar-refractivity contribution is 0.373. The zero-order valence-corrected chi connectivity index (χ0v) is 10.6. The van der Waals surface area contributed by atoms with E-state index in [9.17, 15) is 0 Å². The Bertz CT molecular complexity index is 337. The van der Waals surface area contributed by atoms with Crippen LogP contribution < -0.4 is 5.32 Å². The molecule has 1 aromatic carbocycles. The minimum Gasteiger partial charge on any atom is -0.385 e. The summed E-state index contributed by atoms with van der Waals surface area (Å²) in [6, 6.07) is 6.67. The van der Waals surface area contributed by atoms with E-state index in [1.165, 1.54) is 48.9 Å². The van der Waals surface area contributed by atoms with Crippen molar-refractivity contribution in [1.29, 1.82) is 0 Å². The predicted molar refractivity (Wildman–Crippen MR) is 71.0 cm³/mol. The zero-order chi connectivity index (χ0) is 11.4. The van der Waals surface area contributed by atoms with Crippen LogP contribution in [-0.2, 0) is 0 Å². The molecule has 88 valence electrons. The van der Waals surface area contributed by atoms with Gasteiger partial charge in [0.25, 0.3) is 0 Å². The van der Waals surface area contributed by atoms with E-state index >= 15 is 0 Å². The lowest BCUT2D eigenvalue weighted by atomic mass is 9.89. The van der Waals surface area contributed by atoms with E-state index in [1.807, 2.05) is 0 Å². The molecule has 0 bridgehead atoms. The van der Waals surface area contributed by atoms with Crippen LogP contribution >= 0.6 is 0 Å². The standard InChI is InChI=1S/C15H23N/c1-12-8-9-15(10-13(12)2)16-11-14-6-4-3-5-7-14/h8-10,14,16H,3-7,11H2,1-2H3. The lowest BCUT2D eigenvalue weighted by Crippen LogP contribution is -2.17. The lowest BCUT2D eigenvalue weighted by Gasteiger charge is -2.22. The van der Waals surface area contributed by atoms with Gasteiger partial charge in [0, 0.05) is 12.2 Å². The molecule has 0 spiro atoms. The minimum absolute atomic E-state index is 0.898. The SMILES string of the molecule is Cc1ccc(NCC2CCCCC2)cc1C. The van der Waals surface area contributed by atoms with Crippen LogP contribution in [0.15, 0.2) is 18.2 Å². The molecule has 1 aliphatic carbocycles. The molecule has 0 heterocycles. The second-order valence-electron chi connectivity index (χ2n) is 5.18. The van der Waals surface area contributed by atoms with Gasteiger partial charge in [-0.15, -0.1) is 0 Å². The van der Waals surface area contributed by atoms with Gasteiger partial charge in [-0.05, 0) is 55.9 Å². The van der Waals surface area contributed by atoms with E-state index in [0.717, 1.165) is 12.5 Å². The van der Waals surface area contributed by atoms with Crippen molar-refractivity contribution in [3.8, 4) is 0 Å². The van der Waals surface area contributed by atoms with E-state index < -0.39 is 0 Å². The maximum Gasteiger partial charge on any atom is 0.0343 e. The Morgan fingerprint density at radius 2 is 1.81 bits per heavy atom. The maximum absolute atomic E-state index is 3.58. The highest BCUT2D eigenvalue weighted by Gasteiger charge is 2.12. The van der Waals surface area contributed by atoms with Crippen molar-refractivity contribution in [3.05, 3.63) is 29.3 Å². The van der Waals surface area contributed by atoms with Crippen molar-refractivity contribution in [2.45, 2.75) is 46.0 Å². The summed E-state index contributed by atoms with van der Waals surface area (Å²) in [4.78, 5) is 0. The van der Waals surface area contributed by atoms with Gasteiger partial charge in [-0.2, -0.15) is 0 Å². The number of hydrogen-bond acceptors (Lipinski definition) is 1. The predicted octanol–water partition coefficient (Wildman–Crippen LogP) is 4.30. The Labute approximate surface area is 99.3 Å². The average molecular weight is 217 g/mol. The first-order valence-electron chi connectivity index (χ1n) is 6.57. The van der Waals surface area contributed by atoms with Crippen molar-refractivity contribution < 1.29 is 0 Å². The molecule has 0 aliphatic heterocycles. The van der Waals surface area contributed by atoms with E-state index in [1.54, 1.807) is 0 Å². The summed E-state index contributed by atoms with van der Waals surface area (Å²) in [5.74, 6) is 0.898. The van der Waals surface area contributed by atoms with Crippen LogP contribution in [0.5, 0.6) is 0 Å². The highest BCUT2D eigenvalue weighted by molar-refractivity contribution is 5.48. The number of rotatable bonds is 3. The molecule has 2 rings (SSSR count). The Hall–Kier alpha value is -0.980. The first-order chi connectivity index (χ1) is 7.75. The topological polar surface area (TPSA) is 12.0 Å². The second-order valence-corrected chi connectivity index (χ2v) is 5.18. The fourth-order valence-electron chi connectivity index (χ4n) is 2.50. The summed E-state index contributed by atoms with van der Waals surface area (Å²) in [6.07, 6.45) is 7.13. The van der Waals surface area contributed by atoms with Crippen LogP contribution in [-0.4, -0.2) is 6.54 Å². The van der Waals surface area contributed by atoms with E-state index in [4.69, 9.17) is 0 Å². The van der Waals surface area contributed by atoms with Gasteiger partial charge in [-0.1, -0.05) is 25.3 Å². The van der Waals surface area contributed by atoms with E-state index in [-0.39, 0.29) is 0 Å². The van der Waals surface area contributed by atoms with Crippen LogP contribution in [0.3, 0.4) is 0 Å². The monoisotopic (exact) mass is 217 g/mol. The summed E-state index contributed by atoms with van der Waals surface area (Å²) in [7, 11) is 0. The maximum atomic E-state index is 3.58. The summed E-state index contributed by atoms with van der Waals surface area (Å²) < 4.78 is 0. The molecule has 0 radical (unpaired) electrons. The number of anilines is 1. The van der Waals surface area contributed by atoms with Crippen molar-refractivity contribution in [2.24, 2.45) is 5.92 Å². The zero-order valence-electron chi connectivity index (χ0n) is 10.6. The van der Waals surface area contributed by atoms with Gasteiger partial charge in [-0.3, -0.25) is 0 Å². The fourth-order valence-corrected chi connectivity index (χ4v) is 2.50. The molecule has 1 aliphatic rings. The Kier molecular flexibility index (Phi) is 3.87. The summed E-state index contributed by atoms with van der Waals surface area (Å²) in [5.41, 5.74) is 4.05. The van der Waals surface area contributed by atoms with E-state index in [0.29, 0.717) is 0 Å². The number of benzene rings is 1. The molecule has 0 saturated heterocycles. The molecule has 1 fully saturated rings. The first-order valence-corrected chi connectivity index (χ1v) is 6.57. The van der Waals surface area contributed by atoms with Crippen LogP contribution in [0.1, 0.15) is 43.2 Å². The normalized spacial score (nSPS) is 17.4. The Balaban J connectivity index is 1.86. The van der Waals surface area contributed by atoms with Gasteiger partial charge in [0.1, 0.15) is 0 Å². The van der Waals surface area contributed by atoms with Crippen LogP contribution in [0.25, 0.3) is 0 Å². The molecule has 1 saturated carbocycles. The Morgan fingerprint density at radius 3 is 2.50 bits per heavy atom. The van der Waals surface area contributed by atoms with Gasteiger partial charge in [0.2, 0.25) is 0 Å². The smallest absolute Gasteiger partial charge is 0.0343 e.